The van der Waals surface area contributed by atoms with E-state index in [-0.39, 0.29) is 42.0 Å². The van der Waals surface area contributed by atoms with Gasteiger partial charge in [0.25, 0.3) is 5.56 Å². The molecular weight excluding hydrogens is 412 g/mol. The summed E-state index contributed by atoms with van der Waals surface area (Å²) < 4.78 is 2.33. The highest BCUT2D eigenvalue weighted by Crippen LogP contribution is 2.37. The normalized spacial score (nSPS) is 18.5. The average Bonchev–Trinajstić information content (AvgIpc) is 3.33. The van der Waals surface area contributed by atoms with Crippen molar-refractivity contribution in [1.29, 1.82) is 0 Å². The minimum absolute atomic E-state index is 0.0650. The van der Waals surface area contributed by atoms with E-state index in [2.05, 4.69) is 15.3 Å². The van der Waals surface area contributed by atoms with Gasteiger partial charge < -0.3 is 15.2 Å². The van der Waals surface area contributed by atoms with E-state index in [9.17, 15) is 19.2 Å². The lowest BCUT2D eigenvalue weighted by molar-refractivity contribution is -0.128. The molecule has 3 heterocycles. The first kappa shape index (κ1) is 21.5. The summed E-state index contributed by atoms with van der Waals surface area (Å²) >= 11 is 0. The number of hydrogen-bond donors (Lipinski definition) is 2. The smallest absolute Gasteiger partial charge is 0.332 e. The van der Waals surface area contributed by atoms with E-state index in [1.54, 1.807) is 19.0 Å². The molecule has 1 aliphatic heterocycles. The number of carbonyl (C=O) groups is 2. The van der Waals surface area contributed by atoms with Crippen LogP contribution in [-0.4, -0.2) is 49.4 Å². The van der Waals surface area contributed by atoms with Gasteiger partial charge in [0.1, 0.15) is 11.3 Å². The average molecular weight is 438 g/mol. The number of amides is 2. The van der Waals surface area contributed by atoms with Gasteiger partial charge in [-0.05, 0) is 12.5 Å². The first-order valence-electron chi connectivity index (χ1n) is 10.4. The Balaban J connectivity index is 1.47. The van der Waals surface area contributed by atoms with Crippen LogP contribution in [0, 0.1) is 12.8 Å². The van der Waals surface area contributed by atoms with Crippen molar-refractivity contribution in [2.75, 3.05) is 13.6 Å². The predicted octanol–water partition coefficient (Wildman–Crippen LogP) is 0.147. The van der Waals surface area contributed by atoms with E-state index in [4.69, 9.17) is 0 Å². The molecule has 0 radical (unpaired) electrons. The molecular formula is C22H26N6O4. The molecule has 2 N–H and O–H groups in total. The molecule has 168 valence electrons. The van der Waals surface area contributed by atoms with Gasteiger partial charge in [0, 0.05) is 40.5 Å². The van der Waals surface area contributed by atoms with Gasteiger partial charge in [0.05, 0.1) is 12.0 Å². The van der Waals surface area contributed by atoms with Crippen molar-refractivity contribution in [2.24, 2.45) is 20.0 Å². The molecule has 3 aromatic rings. The molecule has 4 rings (SSSR count). The van der Waals surface area contributed by atoms with E-state index in [1.165, 1.54) is 11.6 Å². The summed E-state index contributed by atoms with van der Waals surface area (Å²) in [7, 11) is 4.68. The van der Waals surface area contributed by atoms with Gasteiger partial charge in [-0.3, -0.25) is 23.5 Å². The standard InChI is InChI=1S/C22H26N6O4/c1-12-5-7-13(8-6-12)18-14(11-16(29)26(18)2)20(30)23-10-9-15-24-17-19(25-15)27(3)22(32)28(4)21(17)31/h5-8,14,18H,9-11H2,1-4H3,(H,23,30)(H,24,25). The highest BCUT2D eigenvalue weighted by Gasteiger charge is 2.42. The Kier molecular flexibility index (Phi) is 5.45. The van der Waals surface area contributed by atoms with Gasteiger partial charge >= 0.3 is 5.69 Å². The van der Waals surface area contributed by atoms with Crippen LogP contribution in [0.15, 0.2) is 33.9 Å². The van der Waals surface area contributed by atoms with Crippen molar-refractivity contribution in [1.82, 2.24) is 29.3 Å². The number of aromatic amines is 1. The van der Waals surface area contributed by atoms with E-state index in [1.807, 2.05) is 31.2 Å². The van der Waals surface area contributed by atoms with Crippen LogP contribution in [0.4, 0.5) is 0 Å². The molecule has 2 amide bonds. The van der Waals surface area contributed by atoms with Gasteiger partial charge in [-0.1, -0.05) is 29.8 Å². The molecule has 2 atom stereocenters. The Labute approximate surface area is 183 Å². The summed E-state index contributed by atoms with van der Waals surface area (Å²) in [5.74, 6) is -0.259. The van der Waals surface area contributed by atoms with Crippen LogP contribution in [0.2, 0.25) is 0 Å². The number of likely N-dealkylation sites (tertiary alicyclic amines) is 1. The quantitative estimate of drug-likeness (QED) is 0.587. The second-order valence-corrected chi connectivity index (χ2v) is 8.30. The topological polar surface area (TPSA) is 122 Å². The summed E-state index contributed by atoms with van der Waals surface area (Å²) in [6, 6.07) is 7.54. The number of nitrogens with zero attached hydrogens (tertiary/aromatic N) is 4. The number of H-pyrrole nitrogens is 1. The molecule has 2 aromatic heterocycles. The van der Waals surface area contributed by atoms with E-state index in [0.717, 1.165) is 15.7 Å². The molecule has 32 heavy (non-hydrogen) atoms. The molecule has 1 aliphatic rings. The predicted molar refractivity (Wildman–Crippen MR) is 118 cm³/mol. The van der Waals surface area contributed by atoms with E-state index < -0.39 is 17.2 Å². The molecule has 0 saturated carbocycles. The summed E-state index contributed by atoms with van der Waals surface area (Å²) in [5.41, 5.74) is 1.67. The molecule has 1 saturated heterocycles. The Morgan fingerprint density at radius 3 is 2.50 bits per heavy atom. The van der Waals surface area contributed by atoms with Crippen LogP contribution in [0.5, 0.6) is 0 Å². The number of aryl methyl sites for hydroxylation is 2. The van der Waals surface area contributed by atoms with Crippen LogP contribution in [0.1, 0.15) is 29.4 Å². The SMILES string of the molecule is Cc1ccc(C2C(C(=O)NCCc3nc4c([nH]3)c(=O)n(C)c(=O)n4C)CC(=O)N2C)cc1. The minimum Gasteiger partial charge on any atom is -0.355 e. The van der Waals surface area contributed by atoms with Crippen LogP contribution in [-0.2, 0) is 30.1 Å². The fourth-order valence-corrected chi connectivity index (χ4v) is 4.25. The summed E-state index contributed by atoms with van der Waals surface area (Å²) in [5, 5.41) is 2.89. The van der Waals surface area contributed by atoms with Crippen molar-refractivity contribution < 1.29 is 9.59 Å². The molecule has 10 nitrogen and oxygen atoms in total. The van der Waals surface area contributed by atoms with Crippen molar-refractivity contribution in [3.05, 3.63) is 62.1 Å². The Hall–Kier alpha value is -3.69. The maximum Gasteiger partial charge on any atom is 0.332 e. The van der Waals surface area contributed by atoms with Gasteiger partial charge in [0.15, 0.2) is 5.65 Å². The number of fused-ring (bicyclic) bond motifs is 1. The molecule has 10 heteroatoms. The fourth-order valence-electron chi connectivity index (χ4n) is 4.25. The van der Waals surface area contributed by atoms with E-state index in [0.29, 0.717) is 12.2 Å². The first-order chi connectivity index (χ1) is 15.2. The summed E-state index contributed by atoms with van der Waals surface area (Å²) in [6.07, 6.45) is 0.507. The lowest BCUT2D eigenvalue weighted by atomic mass is 9.92. The molecule has 1 aromatic carbocycles. The van der Waals surface area contributed by atoms with Crippen molar-refractivity contribution in [3.8, 4) is 0 Å². The first-order valence-corrected chi connectivity index (χ1v) is 10.4. The van der Waals surface area contributed by atoms with Gasteiger partial charge in [0.2, 0.25) is 11.8 Å². The highest BCUT2D eigenvalue weighted by molar-refractivity contribution is 5.90. The number of aromatic nitrogens is 4. The number of carbonyl (C=O) groups excluding carboxylic acids is 2. The van der Waals surface area contributed by atoms with Crippen molar-refractivity contribution in [2.45, 2.75) is 25.8 Å². The Bertz CT molecular complexity index is 1320. The zero-order chi connectivity index (χ0) is 23.2. The lowest BCUT2D eigenvalue weighted by Crippen LogP contribution is -2.36. The number of nitrogens with one attached hydrogen (secondary N) is 2. The third-order valence-electron chi connectivity index (χ3n) is 6.15. The number of rotatable bonds is 5. The molecule has 0 aliphatic carbocycles. The number of hydrogen-bond acceptors (Lipinski definition) is 5. The van der Waals surface area contributed by atoms with Gasteiger partial charge in [-0.15, -0.1) is 0 Å². The third-order valence-corrected chi connectivity index (χ3v) is 6.15. The minimum atomic E-state index is -0.487. The van der Waals surface area contributed by atoms with Crippen LogP contribution in [0.3, 0.4) is 0 Å². The largest absolute Gasteiger partial charge is 0.355 e. The lowest BCUT2D eigenvalue weighted by Gasteiger charge is -2.25. The second-order valence-electron chi connectivity index (χ2n) is 8.30. The zero-order valence-electron chi connectivity index (χ0n) is 18.5. The number of imidazole rings is 1. The van der Waals surface area contributed by atoms with Gasteiger partial charge in [-0.2, -0.15) is 0 Å². The highest BCUT2D eigenvalue weighted by atomic mass is 16.2. The molecule has 0 spiro atoms. The third kappa shape index (κ3) is 3.61. The fraction of sp³-hybridized carbons (Fsp3) is 0.409. The Morgan fingerprint density at radius 1 is 1.12 bits per heavy atom. The Morgan fingerprint density at radius 2 is 1.81 bits per heavy atom. The summed E-state index contributed by atoms with van der Waals surface area (Å²) in [4.78, 5) is 58.5. The van der Waals surface area contributed by atoms with Crippen LogP contribution < -0.4 is 16.6 Å². The second kappa shape index (κ2) is 8.10. The zero-order valence-corrected chi connectivity index (χ0v) is 18.5. The molecule has 1 fully saturated rings. The maximum atomic E-state index is 12.9. The van der Waals surface area contributed by atoms with Crippen LogP contribution in [0.25, 0.3) is 11.2 Å². The maximum absolute atomic E-state index is 12.9. The van der Waals surface area contributed by atoms with Gasteiger partial charge in [-0.25, -0.2) is 9.78 Å². The number of benzene rings is 1. The monoisotopic (exact) mass is 438 g/mol. The van der Waals surface area contributed by atoms with E-state index >= 15 is 0 Å². The van der Waals surface area contributed by atoms with Crippen LogP contribution >= 0.6 is 0 Å². The van der Waals surface area contributed by atoms with Crippen molar-refractivity contribution in [3.63, 3.8) is 0 Å². The molecule has 0 bridgehead atoms. The van der Waals surface area contributed by atoms with Crippen molar-refractivity contribution >= 4 is 23.0 Å². The summed E-state index contributed by atoms with van der Waals surface area (Å²) in [6.45, 7) is 2.27. The molecule has 2 unspecified atom stereocenters.